The third kappa shape index (κ3) is 1.66. The van der Waals surface area contributed by atoms with Crippen LogP contribution in [0.1, 0.15) is 0 Å². The van der Waals surface area contributed by atoms with E-state index in [0.717, 1.165) is 0 Å². The Labute approximate surface area is 65.7 Å². The fraction of sp³-hybridized carbons (Fsp3) is 0.250. The summed E-state index contributed by atoms with van der Waals surface area (Å²) in [5, 5.41) is 13.8. The predicted octanol–water partition coefficient (Wildman–Crippen LogP) is 0.500. The molecule has 4 nitrogen and oxygen atoms in total. The molecule has 0 aromatic carbocycles. The first-order chi connectivity index (χ1) is 5.27. The van der Waals surface area contributed by atoms with Crippen molar-refractivity contribution in [3.63, 3.8) is 0 Å². The quantitative estimate of drug-likeness (QED) is 0.612. The number of nitriles is 2. The van der Waals surface area contributed by atoms with E-state index in [0.29, 0.717) is 12.1 Å². The summed E-state index contributed by atoms with van der Waals surface area (Å²) < 4.78 is 55.1. The van der Waals surface area contributed by atoms with Crippen molar-refractivity contribution in [3.8, 4) is 12.1 Å². The summed E-state index contributed by atoms with van der Waals surface area (Å²) in [4.78, 5) is 0. The lowest BCUT2D eigenvalue weighted by molar-refractivity contribution is -0.0429. The maximum atomic E-state index is 11.5. The number of halogens is 3. The van der Waals surface area contributed by atoms with Gasteiger partial charge >= 0.3 is 5.51 Å². The normalized spacial score (nSPS) is 12.2. The van der Waals surface area contributed by atoms with Crippen LogP contribution < -0.4 is 0 Å². The molecule has 0 aromatic heterocycles. The molecule has 0 aliphatic heterocycles. The monoisotopic (exact) mass is 197 g/mol. The average Bonchev–Trinajstić information content (AvgIpc) is 1.87. The molecule has 0 heterocycles. The smallest absolute Gasteiger partial charge is 0.217 e. The number of rotatable bonds is 1. The van der Waals surface area contributed by atoms with Gasteiger partial charge in [-0.3, -0.25) is 0 Å². The van der Waals surface area contributed by atoms with Gasteiger partial charge in [-0.2, -0.15) is 23.7 Å². The highest BCUT2D eigenvalue weighted by Crippen LogP contribution is 2.29. The Morgan fingerprint density at radius 3 is 1.58 bits per heavy atom. The molecule has 0 bridgehead atoms. The molecule has 0 unspecified atom stereocenters. The van der Waals surface area contributed by atoms with Crippen LogP contribution in [0, 0.1) is 27.9 Å². The zero-order valence-electron chi connectivity index (χ0n) is 5.25. The van der Waals surface area contributed by atoms with Crippen LogP contribution in [0.15, 0.2) is 0 Å². The van der Waals surface area contributed by atoms with Crippen LogP contribution in [-0.2, 0) is 9.84 Å². The van der Waals surface area contributed by atoms with Gasteiger partial charge in [0.05, 0.1) is 0 Å². The summed E-state index contributed by atoms with van der Waals surface area (Å²) in [5.41, 5.74) is -5.59. The molecule has 65 valence electrons. The van der Waals surface area contributed by atoms with Crippen molar-refractivity contribution < 1.29 is 21.6 Å². The van der Waals surface area contributed by atoms with E-state index >= 15 is 0 Å². The minimum Gasteiger partial charge on any atom is -0.217 e. The molecule has 12 heavy (non-hydrogen) atoms. The summed E-state index contributed by atoms with van der Waals surface area (Å²) >= 11 is 0. The first kappa shape index (κ1) is 10.7. The van der Waals surface area contributed by atoms with E-state index in [1.165, 1.54) is 0 Å². The highest BCUT2D eigenvalue weighted by Gasteiger charge is 2.52. The fourth-order valence-electron chi connectivity index (χ4n) is 0.261. The molecule has 0 aliphatic carbocycles. The second-order valence-corrected chi connectivity index (χ2v) is 3.38. The van der Waals surface area contributed by atoms with Gasteiger partial charge in [0.2, 0.25) is 0 Å². The summed E-state index contributed by atoms with van der Waals surface area (Å²) in [6.45, 7) is 0. The van der Waals surface area contributed by atoms with Crippen molar-refractivity contribution in [2.75, 3.05) is 0 Å². The number of hydrogen-bond acceptors (Lipinski definition) is 4. The fourth-order valence-corrected chi connectivity index (χ4v) is 0.733. The van der Waals surface area contributed by atoms with Crippen LogP contribution in [-0.4, -0.2) is 13.9 Å². The van der Waals surface area contributed by atoms with Gasteiger partial charge in [-0.1, -0.05) is 0 Å². The standard InChI is InChI=1S/C4F3N2O2S/c5-4(6,7)12(10,11)3(1-8)2-9. The zero-order valence-corrected chi connectivity index (χ0v) is 6.07. The second kappa shape index (κ2) is 2.99. The molecule has 0 saturated heterocycles. The lowest BCUT2D eigenvalue weighted by Crippen LogP contribution is -2.27. The lowest BCUT2D eigenvalue weighted by atomic mass is 10.5. The Bertz CT molecular complexity index is 330. The van der Waals surface area contributed by atoms with Crippen molar-refractivity contribution in [2.45, 2.75) is 5.51 Å². The van der Waals surface area contributed by atoms with E-state index < -0.39 is 20.6 Å². The number of hydrogen-bond donors (Lipinski definition) is 0. The van der Waals surface area contributed by atoms with Crippen molar-refractivity contribution >= 4 is 9.84 Å². The van der Waals surface area contributed by atoms with E-state index in [1.54, 1.807) is 0 Å². The molecule has 0 spiro atoms. The Kier molecular flexibility index (Phi) is 2.67. The zero-order chi connectivity index (χ0) is 9.99. The Balaban J connectivity index is 5.21. The highest BCUT2D eigenvalue weighted by atomic mass is 32.2. The third-order valence-electron chi connectivity index (χ3n) is 0.777. The molecular weight excluding hydrogens is 197 g/mol. The van der Waals surface area contributed by atoms with E-state index in [4.69, 9.17) is 10.5 Å². The summed E-state index contributed by atoms with van der Waals surface area (Å²) in [6, 6.07) is 1.29. The van der Waals surface area contributed by atoms with Gasteiger partial charge in [0.1, 0.15) is 12.1 Å². The summed E-state index contributed by atoms with van der Waals surface area (Å²) in [7, 11) is -5.74. The predicted molar refractivity (Wildman–Crippen MR) is 29.4 cm³/mol. The van der Waals surface area contributed by atoms with Crippen LogP contribution in [0.5, 0.6) is 0 Å². The molecule has 0 N–H and O–H groups in total. The topological polar surface area (TPSA) is 81.7 Å². The maximum Gasteiger partial charge on any atom is 0.500 e. The largest absolute Gasteiger partial charge is 0.500 e. The van der Waals surface area contributed by atoms with Gasteiger partial charge in [-0.05, 0) is 0 Å². The second-order valence-electron chi connectivity index (χ2n) is 1.50. The molecule has 0 amide bonds. The first-order valence-electron chi connectivity index (χ1n) is 2.26. The van der Waals surface area contributed by atoms with Gasteiger partial charge in [0.15, 0.2) is 0 Å². The van der Waals surface area contributed by atoms with Gasteiger partial charge in [0, 0.05) is 0 Å². The minimum atomic E-state index is -5.74. The minimum absolute atomic E-state index is 0.646. The van der Waals surface area contributed by atoms with Gasteiger partial charge < -0.3 is 0 Å². The lowest BCUT2D eigenvalue weighted by Gasteiger charge is -2.05. The molecule has 0 aromatic rings. The van der Waals surface area contributed by atoms with Crippen LogP contribution in [0.4, 0.5) is 13.2 Å². The highest BCUT2D eigenvalue weighted by molar-refractivity contribution is 7.95. The summed E-state index contributed by atoms with van der Waals surface area (Å²) in [5.74, 6) is 0. The van der Waals surface area contributed by atoms with Crippen molar-refractivity contribution in [3.05, 3.63) is 5.25 Å². The van der Waals surface area contributed by atoms with Crippen LogP contribution >= 0.6 is 0 Å². The Morgan fingerprint density at radius 1 is 1.17 bits per heavy atom. The molecule has 0 atom stereocenters. The molecule has 1 radical (unpaired) electrons. The molecule has 0 rings (SSSR count). The first-order valence-corrected chi connectivity index (χ1v) is 3.74. The van der Waals surface area contributed by atoms with E-state index in [2.05, 4.69) is 0 Å². The molecule has 0 saturated carbocycles. The number of alkyl halides is 3. The average molecular weight is 197 g/mol. The van der Waals surface area contributed by atoms with E-state index in [1.807, 2.05) is 0 Å². The van der Waals surface area contributed by atoms with Crippen LogP contribution in [0.25, 0.3) is 0 Å². The third-order valence-corrected chi connectivity index (χ3v) is 2.11. The number of nitrogens with zero attached hydrogens (tertiary/aromatic N) is 2. The molecule has 0 aliphatic rings. The van der Waals surface area contributed by atoms with E-state index in [9.17, 15) is 21.6 Å². The SMILES string of the molecule is N#C[C](C#N)S(=O)(=O)C(F)(F)F. The van der Waals surface area contributed by atoms with Crippen molar-refractivity contribution in [1.29, 1.82) is 10.5 Å². The van der Waals surface area contributed by atoms with Gasteiger partial charge in [0.25, 0.3) is 15.1 Å². The summed E-state index contributed by atoms with van der Waals surface area (Å²) in [6.07, 6.45) is 0. The van der Waals surface area contributed by atoms with Crippen LogP contribution in [0.3, 0.4) is 0 Å². The van der Waals surface area contributed by atoms with Gasteiger partial charge in [-0.15, -0.1) is 0 Å². The molecule has 0 fully saturated rings. The Morgan fingerprint density at radius 2 is 1.50 bits per heavy atom. The molecule has 8 heteroatoms. The van der Waals surface area contributed by atoms with Crippen molar-refractivity contribution in [1.82, 2.24) is 0 Å². The number of sulfone groups is 1. The Hall–Kier alpha value is -1.28. The van der Waals surface area contributed by atoms with Crippen LogP contribution in [0.2, 0.25) is 0 Å². The maximum absolute atomic E-state index is 11.5. The van der Waals surface area contributed by atoms with Gasteiger partial charge in [-0.25, -0.2) is 8.42 Å². The van der Waals surface area contributed by atoms with Crippen molar-refractivity contribution in [2.24, 2.45) is 0 Å². The van der Waals surface area contributed by atoms with E-state index in [-0.39, 0.29) is 0 Å². The molecular formula is C4F3N2O2S.